The van der Waals surface area contributed by atoms with E-state index in [0.29, 0.717) is 24.2 Å². The van der Waals surface area contributed by atoms with Crippen LogP contribution in [0.4, 0.5) is 5.69 Å². The van der Waals surface area contributed by atoms with Crippen molar-refractivity contribution >= 4 is 23.1 Å². The number of aliphatic hydroxyl groups is 1. The van der Waals surface area contributed by atoms with E-state index in [2.05, 4.69) is 4.98 Å². The minimum Gasteiger partial charge on any atom is -0.507 e. The van der Waals surface area contributed by atoms with E-state index in [1.165, 1.54) is 54.7 Å². The maximum atomic E-state index is 12.8. The molecule has 0 spiro atoms. The Morgan fingerprint density at radius 3 is 2.66 bits per heavy atom. The molecule has 1 aliphatic rings. The molecule has 0 aliphatic carbocycles. The first-order chi connectivity index (χ1) is 14.0. The fraction of sp³-hybridized carbons (Fsp3) is 0.250. The van der Waals surface area contributed by atoms with Crippen LogP contribution in [0.25, 0.3) is 5.76 Å². The van der Waals surface area contributed by atoms with Crippen molar-refractivity contribution in [2.45, 2.75) is 12.5 Å². The van der Waals surface area contributed by atoms with Gasteiger partial charge >= 0.3 is 0 Å². The fourth-order valence-corrected chi connectivity index (χ4v) is 3.31. The van der Waals surface area contributed by atoms with Crippen LogP contribution in [-0.2, 0) is 14.3 Å². The number of amides is 1. The van der Waals surface area contributed by atoms with Gasteiger partial charge in [0.05, 0.1) is 16.5 Å². The lowest BCUT2D eigenvalue weighted by molar-refractivity contribution is -0.384. The number of ether oxygens (including phenoxy) is 1. The van der Waals surface area contributed by atoms with Crippen LogP contribution in [0.1, 0.15) is 23.6 Å². The van der Waals surface area contributed by atoms with Gasteiger partial charge in [0.2, 0.25) is 0 Å². The maximum absolute atomic E-state index is 12.8. The summed E-state index contributed by atoms with van der Waals surface area (Å²) in [5, 5.41) is 22.0. The lowest BCUT2D eigenvalue weighted by Crippen LogP contribution is -2.31. The average Bonchev–Trinajstić information content (AvgIpc) is 2.99. The SMILES string of the molecule is COCCCN1C(=O)C(=O)C(=C(O)c2ccncc2)C1c1cccc([N+](=O)[O-])c1. The van der Waals surface area contributed by atoms with Crippen LogP contribution < -0.4 is 0 Å². The van der Waals surface area contributed by atoms with Crippen LogP contribution >= 0.6 is 0 Å². The van der Waals surface area contributed by atoms with Gasteiger partial charge < -0.3 is 14.7 Å². The van der Waals surface area contributed by atoms with Crippen LogP contribution in [0.2, 0.25) is 0 Å². The van der Waals surface area contributed by atoms with Crippen molar-refractivity contribution in [3.63, 3.8) is 0 Å². The van der Waals surface area contributed by atoms with Crippen molar-refractivity contribution in [2.75, 3.05) is 20.3 Å². The maximum Gasteiger partial charge on any atom is 0.295 e. The summed E-state index contributed by atoms with van der Waals surface area (Å²) in [6, 6.07) is 7.78. The number of ketones is 1. The number of methoxy groups -OCH3 is 1. The number of pyridine rings is 1. The number of Topliss-reactive ketones (excluding diaryl/α,β-unsaturated/α-hetero) is 1. The molecule has 1 unspecified atom stereocenters. The molecule has 1 aliphatic heterocycles. The number of nitro groups is 1. The Bertz CT molecular complexity index is 973. The molecule has 0 radical (unpaired) electrons. The molecular formula is C20H19N3O6. The van der Waals surface area contributed by atoms with Crippen molar-refractivity contribution in [1.82, 2.24) is 9.88 Å². The van der Waals surface area contributed by atoms with Crippen LogP contribution in [0.3, 0.4) is 0 Å². The average molecular weight is 397 g/mol. The molecule has 29 heavy (non-hydrogen) atoms. The first-order valence-electron chi connectivity index (χ1n) is 8.87. The molecule has 0 bridgehead atoms. The van der Waals surface area contributed by atoms with Gasteiger partial charge in [-0.2, -0.15) is 0 Å². The zero-order valence-electron chi connectivity index (χ0n) is 15.6. The van der Waals surface area contributed by atoms with E-state index in [1.807, 2.05) is 0 Å². The largest absolute Gasteiger partial charge is 0.507 e. The molecule has 9 nitrogen and oxygen atoms in total. The standard InChI is InChI=1S/C20H19N3O6/c1-29-11-3-10-22-17(14-4-2-5-15(12-14)23(27)28)16(19(25)20(22)26)18(24)13-6-8-21-9-7-13/h2,4-9,12,17,24H,3,10-11H2,1H3. The van der Waals surface area contributed by atoms with Gasteiger partial charge in [0, 0.05) is 50.4 Å². The van der Waals surface area contributed by atoms with E-state index in [9.17, 15) is 24.8 Å². The highest BCUT2D eigenvalue weighted by Gasteiger charge is 2.46. The molecule has 1 atom stereocenters. The predicted molar refractivity (Wildman–Crippen MR) is 103 cm³/mol. The van der Waals surface area contributed by atoms with Gasteiger partial charge in [0.1, 0.15) is 5.76 Å². The predicted octanol–water partition coefficient (Wildman–Crippen LogP) is 2.45. The smallest absolute Gasteiger partial charge is 0.295 e. The second-order valence-corrected chi connectivity index (χ2v) is 6.43. The molecule has 3 rings (SSSR count). The van der Waals surface area contributed by atoms with E-state index < -0.39 is 22.7 Å². The van der Waals surface area contributed by atoms with E-state index >= 15 is 0 Å². The second-order valence-electron chi connectivity index (χ2n) is 6.43. The normalized spacial score (nSPS) is 18.2. The number of likely N-dealkylation sites (tertiary alicyclic amines) is 1. The van der Waals surface area contributed by atoms with E-state index in [1.54, 1.807) is 6.07 Å². The Labute approximate surface area is 166 Å². The third kappa shape index (κ3) is 3.99. The van der Waals surface area contributed by atoms with Crippen LogP contribution in [0.5, 0.6) is 0 Å². The number of nitro benzene ring substituents is 1. The van der Waals surface area contributed by atoms with Crippen LogP contribution in [0.15, 0.2) is 54.4 Å². The molecule has 1 aromatic heterocycles. The highest BCUT2D eigenvalue weighted by Crippen LogP contribution is 2.40. The summed E-state index contributed by atoms with van der Waals surface area (Å²) in [6.07, 6.45) is 3.36. The molecule has 1 amide bonds. The number of carbonyl (C=O) groups excluding carboxylic acids is 2. The van der Waals surface area contributed by atoms with Gasteiger partial charge in [0.15, 0.2) is 0 Å². The summed E-state index contributed by atoms with van der Waals surface area (Å²) in [5.41, 5.74) is 0.407. The molecule has 2 heterocycles. The zero-order valence-corrected chi connectivity index (χ0v) is 15.6. The number of hydrogen-bond acceptors (Lipinski definition) is 7. The lowest BCUT2D eigenvalue weighted by Gasteiger charge is -2.25. The first kappa shape index (κ1) is 20.2. The summed E-state index contributed by atoms with van der Waals surface area (Å²) in [4.78, 5) is 41.3. The third-order valence-corrected chi connectivity index (χ3v) is 4.64. The second kappa shape index (κ2) is 8.61. The summed E-state index contributed by atoms with van der Waals surface area (Å²) in [6.45, 7) is 0.563. The topological polar surface area (TPSA) is 123 Å². The summed E-state index contributed by atoms with van der Waals surface area (Å²) < 4.78 is 5.02. The molecule has 0 saturated carbocycles. The third-order valence-electron chi connectivity index (χ3n) is 4.64. The lowest BCUT2D eigenvalue weighted by atomic mass is 9.95. The Balaban J connectivity index is 2.15. The van der Waals surface area contributed by atoms with Crippen molar-refractivity contribution in [3.05, 3.63) is 75.6 Å². The summed E-state index contributed by atoms with van der Waals surface area (Å²) in [7, 11) is 1.52. The Morgan fingerprint density at radius 1 is 1.28 bits per heavy atom. The van der Waals surface area contributed by atoms with Gasteiger partial charge in [-0.15, -0.1) is 0 Å². The monoisotopic (exact) mass is 397 g/mol. The molecule has 1 aromatic carbocycles. The quantitative estimate of drug-likeness (QED) is 0.190. The molecular weight excluding hydrogens is 378 g/mol. The van der Waals surface area contributed by atoms with E-state index in [0.717, 1.165) is 0 Å². The Kier molecular flexibility index (Phi) is 5.99. The molecule has 1 fully saturated rings. The number of non-ortho nitro benzene ring substituents is 1. The molecule has 2 aromatic rings. The van der Waals surface area contributed by atoms with Gasteiger partial charge in [0.25, 0.3) is 17.4 Å². The Morgan fingerprint density at radius 2 is 2.00 bits per heavy atom. The number of nitrogens with zero attached hydrogens (tertiary/aromatic N) is 3. The van der Waals surface area contributed by atoms with E-state index in [-0.39, 0.29) is 23.6 Å². The number of aromatic nitrogens is 1. The van der Waals surface area contributed by atoms with Gasteiger partial charge in [-0.3, -0.25) is 24.7 Å². The van der Waals surface area contributed by atoms with Gasteiger partial charge in [-0.05, 0) is 24.1 Å². The Hall–Kier alpha value is -3.59. The fourth-order valence-electron chi connectivity index (χ4n) is 3.31. The van der Waals surface area contributed by atoms with Gasteiger partial charge in [-0.1, -0.05) is 12.1 Å². The molecule has 150 valence electrons. The number of rotatable bonds is 7. The van der Waals surface area contributed by atoms with Gasteiger partial charge in [-0.25, -0.2) is 0 Å². The number of hydrogen-bond donors (Lipinski definition) is 1. The molecule has 1 N–H and O–H groups in total. The first-order valence-corrected chi connectivity index (χ1v) is 8.87. The number of benzene rings is 1. The molecule has 9 heteroatoms. The van der Waals surface area contributed by atoms with E-state index in [4.69, 9.17) is 4.74 Å². The highest BCUT2D eigenvalue weighted by molar-refractivity contribution is 6.46. The van der Waals surface area contributed by atoms with Crippen molar-refractivity contribution in [1.29, 1.82) is 0 Å². The zero-order chi connectivity index (χ0) is 21.0. The highest BCUT2D eigenvalue weighted by atomic mass is 16.6. The van der Waals surface area contributed by atoms with Crippen molar-refractivity contribution in [3.8, 4) is 0 Å². The summed E-state index contributed by atoms with van der Waals surface area (Å²) in [5.74, 6) is -1.96. The van der Waals surface area contributed by atoms with Crippen LogP contribution in [-0.4, -0.2) is 51.9 Å². The number of aliphatic hydroxyl groups excluding tert-OH is 1. The van der Waals surface area contributed by atoms with Crippen molar-refractivity contribution < 1.29 is 24.4 Å². The minimum atomic E-state index is -0.945. The van der Waals surface area contributed by atoms with Crippen molar-refractivity contribution in [2.24, 2.45) is 0 Å². The van der Waals surface area contributed by atoms with Crippen LogP contribution in [0, 0.1) is 10.1 Å². The summed E-state index contributed by atoms with van der Waals surface area (Å²) >= 11 is 0. The molecule has 1 saturated heterocycles. The minimum absolute atomic E-state index is 0.112. The number of carbonyl (C=O) groups is 2.